The minimum Gasteiger partial charge on any atom is -0.378 e. The number of anilines is 1. The molecule has 0 aliphatic carbocycles. The summed E-state index contributed by atoms with van der Waals surface area (Å²) in [7, 11) is 2.17. The van der Waals surface area contributed by atoms with E-state index >= 15 is 0 Å². The summed E-state index contributed by atoms with van der Waals surface area (Å²) in [6.07, 6.45) is 1.07. The summed E-state index contributed by atoms with van der Waals surface area (Å²) in [6.45, 7) is 5.72. The number of morpholine rings is 1. The lowest BCUT2D eigenvalue weighted by molar-refractivity contribution is 0.122. The van der Waals surface area contributed by atoms with Gasteiger partial charge in [-0.25, -0.2) is 4.98 Å². The van der Waals surface area contributed by atoms with Crippen molar-refractivity contribution in [3.63, 3.8) is 0 Å². The van der Waals surface area contributed by atoms with Crippen LogP contribution in [0, 0.1) is 0 Å². The first kappa shape index (κ1) is 11.0. The molecule has 0 bridgehead atoms. The Hall–Kier alpha value is -1.13. The maximum absolute atomic E-state index is 5.37. The van der Waals surface area contributed by atoms with Crippen molar-refractivity contribution in [3.05, 3.63) is 23.4 Å². The van der Waals surface area contributed by atoms with Gasteiger partial charge < -0.3 is 14.5 Å². The highest BCUT2D eigenvalue weighted by atomic mass is 16.5. The quantitative estimate of drug-likeness (QED) is 0.721. The van der Waals surface area contributed by atoms with Crippen molar-refractivity contribution in [1.82, 2.24) is 9.88 Å². The molecule has 0 N–H and O–H groups in total. The van der Waals surface area contributed by atoms with E-state index < -0.39 is 0 Å². The van der Waals surface area contributed by atoms with Gasteiger partial charge in [-0.15, -0.1) is 0 Å². The predicted molar refractivity (Wildman–Crippen MR) is 67.3 cm³/mol. The van der Waals surface area contributed by atoms with Gasteiger partial charge in [0.1, 0.15) is 5.82 Å². The van der Waals surface area contributed by atoms with Crippen LogP contribution in [0.15, 0.2) is 12.1 Å². The third-order valence-corrected chi connectivity index (χ3v) is 3.56. The second-order valence-corrected chi connectivity index (χ2v) is 4.86. The van der Waals surface area contributed by atoms with Crippen LogP contribution < -0.4 is 4.90 Å². The highest BCUT2D eigenvalue weighted by Crippen LogP contribution is 2.21. The van der Waals surface area contributed by atoms with Gasteiger partial charge in [-0.05, 0) is 18.7 Å². The van der Waals surface area contributed by atoms with Crippen LogP contribution >= 0.6 is 0 Å². The first-order valence-electron chi connectivity index (χ1n) is 6.33. The Labute approximate surface area is 102 Å². The number of nitrogens with zero attached hydrogens (tertiary/aromatic N) is 3. The van der Waals surface area contributed by atoms with E-state index in [-0.39, 0.29) is 0 Å². The van der Waals surface area contributed by atoms with E-state index in [1.807, 2.05) is 0 Å². The first-order valence-corrected chi connectivity index (χ1v) is 6.33. The Kier molecular flexibility index (Phi) is 2.99. The van der Waals surface area contributed by atoms with E-state index in [0.717, 1.165) is 51.6 Å². The summed E-state index contributed by atoms with van der Waals surface area (Å²) in [5.41, 5.74) is 2.67. The highest BCUT2D eigenvalue weighted by molar-refractivity contribution is 5.42. The molecule has 0 spiro atoms. The van der Waals surface area contributed by atoms with Crippen LogP contribution in [0.4, 0.5) is 5.82 Å². The van der Waals surface area contributed by atoms with Crippen molar-refractivity contribution in [2.24, 2.45) is 0 Å². The lowest BCUT2D eigenvalue weighted by Gasteiger charge is -2.30. The number of hydrogen-bond donors (Lipinski definition) is 0. The van der Waals surface area contributed by atoms with Gasteiger partial charge in [0.2, 0.25) is 0 Å². The van der Waals surface area contributed by atoms with Crippen molar-refractivity contribution in [2.45, 2.75) is 13.0 Å². The maximum atomic E-state index is 5.37. The molecule has 1 aromatic rings. The zero-order valence-corrected chi connectivity index (χ0v) is 10.4. The monoisotopic (exact) mass is 233 g/mol. The third-order valence-electron chi connectivity index (χ3n) is 3.56. The van der Waals surface area contributed by atoms with E-state index in [0.29, 0.717) is 0 Å². The number of pyridine rings is 1. The van der Waals surface area contributed by atoms with Crippen LogP contribution in [0.25, 0.3) is 0 Å². The number of likely N-dealkylation sites (N-methyl/N-ethyl adjacent to an activating group) is 1. The van der Waals surface area contributed by atoms with Gasteiger partial charge in [0.05, 0.1) is 13.2 Å². The predicted octanol–water partition coefficient (Wildman–Crippen LogP) is 0.906. The normalized spacial score (nSPS) is 21.4. The average molecular weight is 233 g/mol. The Morgan fingerprint density at radius 1 is 1.18 bits per heavy atom. The molecule has 4 nitrogen and oxygen atoms in total. The molecule has 0 aromatic carbocycles. The molecule has 0 radical (unpaired) electrons. The van der Waals surface area contributed by atoms with Crippen LogP contribution in [0.3, 0.4) is 0 Å². The number of fused-ring (bicyclic) bond motifs is 1. The van der Waals surface area contributed by atoms with E-state index in [1.165, 1.54) is 11.3 Å². The topological polar surface area (TPSA) is 28.6 Å². The molecule has 2 aliphatic heterocycles. The van der Waals surface area contributed by atoms with Gasteiger partial charge in [-0.1, -0.05) is 6.07 Å². The smallest absolute Gasteiger partial charge is 0.128 e. The molecule has 0 unspecified atom stereocenters. The fraction of sp³-hybridized carbons (Fsp3) is 0.615. The van der Waals surface area contributed by atoms with Gasteiger partial charge in [0, 0.05) is 38.3 Å². The maximum Gasteiger partial charge on any atom is 0.128 e. The second kappa shape index (κ2) is 4.63. The molecule has 17 heavy (non-hydrogen) atoms. The zero-order chi connectivity index (χ0) is 11.7. The summed E-state index contributed by atoms with van der Waals surface area (Å²) in [4.78, 5) is 9.48. The van der Waals surface area contributed by atoms with Crippen molar-refractivity contribution < 1.29 is 4.74 Å². The Balaban J connectivity index is 1.82. The van der Waals surface area contributed by atoms with Crippen molar-refractivity contribution in [1.29, 1.82) is 0 Å². The molecule has 1 aromatic heterocycles. The number of ether oxygens (including phenoxy) is 1. The molecule has 0 atom stereocenters. The van der Waals surface area contributed by atoms with Crippen molar-refractivity contribution in [2.75, 3.05) is 44.8 Å². The minimum absolute atomic E-state index is 0.821. The van der Waals surface area contributed by atoms with Crippen LogP contribution in [0.2, 0.25) is 0 Å². The summed E-state index contributed by atoms with van der Waals surface area (Å²) in [5, 5.41) is 0. The van der Waals surface area contributed by atoms with Crippen molar-refractivity contribution in [3.8, 4) is 0 Å². The largest absolute Gasteiger partial charge is 0.378 e. The van der Waals surface area contributed by atoms with E-state index in [2.05, 4.69) is 29.0 Å². The summed E-state index contributed by atoms with van der Waals surface area (Å²) < 4.78 is 5.37. The SMILES string of the molecule is CN1CCc2nc(N3CCOCC3)ccc2C1. The number of rotatable bonds is 1. The second-order valence-electron chi connectivity index (χ2n) is 4.86. The Bertz CT molecular complexity index is 402. The van der Waals surface area contributed by atoms with E-state index in [9.17, 15) is 0 Å². The molecule has 3 heterocycles. The van der Waals surface area contributed by atoms with Crippen LogP contribution in [0.5, 0.6) is 0 Å². The highest BCUT2D eigenvalue weighted by Gasteiger charge is 2.17. The van der Waals surface area contributed by atoms with E-state index in [1.54, 1.807) is 0 Å². The fourth-order valence-electron chi connectivity index (χ4n) is 2.51. The first-order chi connectivity index (χ1) is 8.33. The third kappa shape index (κ3) is 2.28. The molecule has 1 fully saturated rings. The molecule has 2 aliphatic rings. The number of hydrogen-bond acceptors (Lipinski definition) is 4. The van der Waals surface area contributed by atoms with Gasteiger partial charge in [0.15, 0.2) is 0 Å². The molecular weight excluding hydrogens is 214 g/mol. The summed E-state index contributed by atoms with van der Waals surface area (Å²) in [6, 6.07) is 4.39. The molecule has 4 heteroatoms. The van der Waals surface area contributed by atoms with Crippen LogP contribution in [0.1, 0.15) is 11.3 Å². The van der Waals surface area contributed by atoms with Gasteiger partial charge in [0.25, 0.3) is 0 Å². The Morgan fingerprint density at radius 3 is 2.82 bits per heavy atom. The molecule has 92 valence electrons. The fourth-order valence-corrected chi connectivity index (χ4v) is 2.51. The molecule has 0 amide bonds. The van der Waals surface area contributed by atoms with Crippen molar-refractivity contribution >= 4 is 5.82 Å². The lowest BCUT2D eigenvalue weighted by Crippen LogP contribution is -2.37. The Morgan fingerprint density at radius 2 is 2.00 bits per heavy atom. The molecule has 0 saturated carbocycles. The summed E-state index contributed by atoms with van der Waals surface area (Å²) >= 11 is 0. The average Bonchev–Trinajstić information content (AvgIpc) is 2.39. The molecular formula is C13H19N3O. The lowest BCUT2D eigenvalue weighted by atomic mass is 10.1. The molecule has 1 saturated heterocycles. The van der Waals surface area contributed by atoms with Crippen LogP contribution in [-0.2, 0) is 17.7 Å². The summed E-state index contributed by atoms with van der Waals surface area (Å²) in [5.74, 6) is 1.12. The van der Waals surface area contributed by atoms with Gasteiger partial charge in [-0.2, -0.15) is 0 Å². The standard InChI is InChI=1S/C13H19N3O/c1-15-5-4-12-11(10-15)2-3-13(14-12)16-6-8-17-9-7-16/h2-3H,4-10H2,1H3. The minimum atomic E-state index is 0.821. The van der Waals surface area contributed by atoms with Gasteiger partial charge in [-0.3, -0.25) is 0 Å². The van der Waals surface area contributed by atoms with E-state index in [4.69, 9.17) is 9.72 Å². The zero-order valence-electron chi connectivity index (χ0n) is 10.4. The molecule has 3 rings (SSSR count). The van der Waals surface area contributed by atoms with Gasteiger partial charge >= 0.3 is 0 Å². The number of aromatic nitrogens is 1. The van der Waals surface area contributed by atoms with Crippen LogP contribution in [-0.4, -0.2) is 49.8 Å².